The van der Waals surface area contributed by atoms with E-state index in [0.29, 0.717) is 12.1 Å². The Morgan fingerprint density at radius 3 is 3.06 bits per heavy atom. The first-order valence-corrected chi connectivity index (χ1v) is 5.88. The van der Waals surface area contributed by atoms with Gasteiger partial charge in [0.25, 0.3) is 5.91 Å². The fourth-order valence-electron chi connectivity index (χ4n) is 2.70. The Hall–Kier alpha value is -1.35. The Bertz CT molecular complexity index is 430. The van der Waals surface area contributed by atoms with E-state index >= 15 is 0 Å². The summed E-state index contributed by atoms with van der Waals surface area (Å²) in [5, 5.41) is 3.44. The zero-order chi connectivity index (χ0) is 11.1. The topological polar surface area (TPSA) is 32.3 Å². The van der Waals surface area contributed by atoms with Crippen molar-refractivity contribution in [1.29, 1.82) is 0 Å². The third-order valence-corrected chi connectivity index (χ3v) is 3.58. The van der Waals surface area contributed by atoms with Gasteiger partial charge in [-0.25, -0.2) is 0 Å². The van der Waals surface area contributed by atoms with Crippen LogP contribution in [0.2, 0.25) is 0 Å². The number of piperazine rings is 1. The second kappa shape index (κ2) is 3.59. The number of hydrogen-bond donors (Lipinski definition) is 1. The van der Waals surface area contributed by atoms with Gasteiger partial charge >= 0.3 is 0 Å². The molecule has 0 bridgehead atoms. The fourth-order valence-corrected chi connectivity index (χ4v) is 2.70. The van der Waals surface area contributed by atoms with Gasteiger partial charge in [0.05, 0.1) is 0 Å². The van der Waals surface area contributed by atoms with Gasteiger partial charge in [-0.3, -0.25) is 4.79 Å². The van der Waals surface area contributed by atoms with Gasteiger partial charge in [0.1, 0.15) is 0 Å². The van der Waals surface area contributed by atoms with Crippen LogP contribution in [0.4, 0.5) is 0 Å². The highest BCUT2D eigenvalue weighted by molar-refractivity contribution is 5.97. The van der Waals surface area contributed by atoms with Crippen LogP contribution in [0, 0.1) is 0 Å². The van der Waals surface area contributed by atoms with E-state index in [1.165, 1.54) is 5.56 Å². The van der Waals surface area contributed by atoms with Crippen LogP contribution < -0.4 is 5.32 Å². The molecule has 1 amide bonds. The Balaban J connectivity index is 1.98. The van der Waals surface area contributed by atoms with Crippen LogP contribution in [0.15, 0.2) is 24.3 Å². The molecule has 0 aliphatic carbocycles. The number of nitrogens with one attached hydrogen (secondary N) is 1. The molecule has 2 heterocycles. The quantitative estimate of drug-likeness (QED) is 0.703. The summed E-state index contributed by atoms with van der Waals surface area (Å²) in [6.45, 7) is 3.88. The molecule has 0 unspecified atom stereocenters. The molecule has 3 nitrogen and oxygen atoms in total. The molecule has 0 aromatic heterocycles. The van der Waals surface area contributed by atoms with E-state index in [-0.39, 0.29) is 5.91 Å². The molecule has 16 heavy (non-hydrogen) atoms. The molecule has 2 aliphatic rings. The first-order chi connectivity index (χ1) is 7.75. The minimum Gasteiger partial charge on any atom is -0.332 e. The van der Waals surface area contributed by atoms with E-state index in [1.807, 2.05) is 23.1 Å². The van der Waals surface area contributed by atoms with Gasteiger partial charge < -0.3 is 10.2 Å². The van der Waals surface area contributed by atoms with Crippen molar-refractivity contribution in [1.82, 2.24) is 10.2 Å². The van der Waals surface area contributed by atoms with Crippen molar-refractivity contribution in [2.24, 2.45) is 0 Å². The van der Waals surface area contributed by atoms with Crippen LogP contribution in [0.3, 0.4) is 0 Å². The standard InChI is InChI=1S/C13H16N2O/c1-9-8-15-11(7-14-9)6-10-4-2-3-5-12(10)13(15)16/h2-5,9,11,14H,6-8H2,1H3/t9-,11-/m1/s1. The average molecular weight is 216 g/mol. The molecule has 1 saturated heterocycles. The number of hydrogen-bond acceptors (Lipinski definition) is 2. The van der Waals surface area contributed by atoms with E-state index < -0.39 is 0 Å². The SMILES string of the molecule is C[C@@H]1CN2C(=O)c3ccccc3C[C@@H]2CN1. The lowest BCUT2D eigenvalue weighted by molar-refractivity contribution is 0.0562. The molecular weight excluding hydrogens is 200 g/mol. The molecule has 1 fully saturated rings. The van der Waals surface area contributed by atoms with Crippen molar-refractivity contribution < 1.29 is 4.79 Å². The van der Waals surface area contributed by atoms with Crippen LogP contribution in [0.5, 0.6) is 0 Å². The third kappa shape index (κ3) is 1.43. The molecule has 0 saturated carbocycles. The number of rotatable bonds is 0. The molecule has 1 N–H and O–H groups in total. The highest BCUT2D eigenvalue weighted by Gasteiger charge is 2.35. The zero-order valence-electron chi connectivity index (χ0n) is 9.44. The van der Waals surface area contributed by atoms with Gasteiger partial charge in [-0.1, -0.05) is 18.2 Å². The maximum absolute atomic E-state index is 12.3. The number of carbonyl (C=O) groups excluding carboxylic acids is 1. The number of carbonyl (C=O) groups is 1. The van der Waals surface area contributed by atoms with Gasteiger partial charge in [-0.15, -0.1) is 0 Å². The van der Waals surface area contributed by atoms with Gasteiger partial charge in [-0.2, -0.15) is 0 Å². The molecular formula is C13H16N2O. The Morgan fingerprint density at radius 1 is 1.38 bits per heavy atom. The van der Waals surface area contributed by atoms with Crippen molar-refractivity contribution in [3.05, 3.63) is 35.4 Å². The van der Waals surface area contributed by atoms with Crippen molar-refractivity contribution >= 4 is 5.91 Å². The Kier molecular flexibility index (Phi) is 2.21. The monoisotopic (exact) mass is 216 g/mol. The molecule has 84 valence electrons. The van der Waals surface area contributed by atoms with Crippen LogP contribution in [0.25, 0.3) is 0 Å². The normalized spacial score (nSPS) is 28.6. The van der Waals surface area contributed by atoms with Crippen molar-refractivity contribution in [3.63, 3.8) is 0 Å². The van der Waals surface area contributed by atoms with Gasteiger partial charge in [0.2, 0.25) is 0 Å². The molecule has 3 heteroatoms. The molecule has 3 rings (SSSR count). The summed E-state index contributed by atoms with van der Waals surface area (Å²) in [4.78, 5) is 14.3. The lowest BCUT2D eigenvalue weighted by atomic mass is 9.91. The first-order valence-electron chi connectivity index (χ1n) is 5.88. The third-order valence-electron chi connectivity index (χ3n) is 3.58. The van der Waals surface area contributed by atoms with E-state index in [2.05, 4.69) is 18.3 Å². The summed E-state index contributed by atoms with van der Waals surface area (Å²) in [5.74, 6) is 0.209. The van der Waals surface area contributed by atoms with Crippen LogP contribution in [0.1, 0.15) is 22.8 Å². The smallest absolute Gasteiger partial charge is 0.254 e. The zero-order valence-corrected chi connectivity index (χ0v) is 9.44. The fraction of sp³-hybridized carbons (Fsp3) is 0.462. The average Bonchev–Trinajstić information content (AvgIpc) is 2.31. The van der Waals surface area contributed by atoms with Crippen molar-refractivity contribution in [2.45, 2.75) is 25.4 Å². The second-order valence-electron chi connectivity index (χ2n) is 4.78. The van der Waals surface area contributed by atoms with Crippen LogP contribution in [-0.2, 0) is 6.42 Å². The number of amides is 1. The highest BCUT2D eigenvalue weighted by Crippen LogP contribution is 2.24. The van der Waals surface area contributed by atoms with E-state index in [1.54, 1.807) is 0 Å². The summed E-state index contributed by atoms with van der Waals surface area (Å²) < 4.78 is 0. The van der Waals surface area contributed by atoms with E-state index in [0.717, 1.165) is 25.1 Å². The lowest BCUT2D eigenvalue weighted by Crippen LogP contribution is -2.59. The molecule has 0 spiro atoms. The highest BCUT2D eigenvalue weighted by atomic mass is 16.2. The van der Waals surface area contributed by atoms with Gasteiger partial charge in [0, 0.05) is 30.7 Å². The summed E-state index contributed by atoms with van der Waals surface area (Å²) in [6.07, 6.45) is 0.988. The van der Waals surface area contributed by atoms with Gasteiger partial charge in [-0.05, 0) is 25.0 Å². The summed E-state index contributed by atoms with van der Waals surface area (Å²) in [5.41, 5.74) is 2.10. The number of nitrogens with zero attached hydrogens (tertiary/aromatic N) is 1. The Labute approximate surface area is 95.4 Å². The summed E-state index contributed by atoms with van der Waals surface area (Å²) in [6, 6.07) is 8.73. The second-order valence-corrected chi connectivity index (χ2v) is 4.78. The summed E-state index contributed by atoms with van der Waals surface area (Å²) in [7, 11) is 0. The molecule has 1 aromatic rings. The number of benzene rings is 1. The predicted octanol–water partition coefficient (Wildman–Crippen LogP) is 1.05. The lowest BCUT2D eigenvalue weighted by Gasteiger charge is -2.42. The van der Waals surface area contributed by atoms with Crippen LogP contribution in [-0.4, -0.2) is 36.0 Å². The predicted molar refractivity (Wildman–Crippen MR) is 62.4 cm³/mol. The maximum Gasteiger partial charge on any atom is 0.254 e. The molecule has 2 atom stereocenters. The van der Waals surface area contributed by atoms with Crippen molar-refractivity contribution in [3.8, 4) is 0 Å². The van der Waals surface area contributed by atoms with Gasteiger partial charge in [0.15, 0.2) is 0 Å². The number of fused-ring (bicyclic) bond motifs is 2. The molecule has 2 aliphatic heterocycles. The first kappa shape index (κ1) is 9.85. The van der Waals surface area contributed by atoms with Crippen LogP contribution >= 0.6 is 0 Å². The summed E-state index contributed by atoms with van der Waals surface area (Å²) >= 11 is 0. The van der Waals surface area contributed by atoms with Crippen molar-refractivity contribution in [2.75, 3.05) is 13.1 Å². The van der Waals surface area contributed by atoms with E-state index in [4.69, 9.17) is 0 Å². The Morgan fingerprint density at radius 2 is 2.19 bits per heavy atom. The molecule has 1 aromatic carbocycles. The largest absolute Gasteiger partial charge is 0.332 e. The van der Waals surface area contributed by atoms with E-state index in [9.17, 15) is 4.79 Å². The minimum absolute atomic E-state index is 0.209. The molecule has 0 radical (unpaired) electrons. The minimum atomic E-state index is 0.209. The maximum atomic E-state index is 12.3.